The van der Waals surface area contributed by atoms with E-state index in [1.54, 1.807) is 0 Å². The van der Waals surface area contributed by atoms with Gasteiger partial charge in [0.15, 0.2) is 0 Å². The largest absolute Gasteiger partial charge is 0.351 e. The highest BCUT2D eigenvalue weighted by Gasteiger charge is 2.33. The molecule has 88 valence electrons. The van der Waals surface area contributed by atoms with Crippen LogP contribution in [-0.4, -0.2) is 16.0 Å². The minimum Gasteiger partial charge on any atom is -0.351 e. The predicted octanol–water partition coefficient (Wildman–Crippen LogP) is 2.11. The Hall–Kier alpha value is -1.25. The van der Waals surface area contributed by atoms with Crippen LogP contribution in [-0.2, 0) is 17.8 Å². The molecule has 0 spiro atoms. The zero-order valence-electron chi connectivity index (χ0n) is 10.1. The van der Waals surface area contributed by atoms with E-state index in [4.69, 9.17) is 0 Å². The van der Waals surface area contributed by atoms with E-state index in [9.17, 15) is 4.79 Å². The second kappa shape index (κ2) is 4.32. The molecule has 1 aromatic rings. The van der Waals surface area contributed by atoms with Crippen LogP contribution in [0.1, 0.15) is 38.8 Å². The molecule has 1 aliphatic rings. The van der Waals surface area contributed by atoms with E-state index >= 15 is 0 Å². The molecule has 2 heterocycles. The maximum atomic E-state index is 11.3. The topological polar surface area (TPSA) is 34.0 Å². The van der Waals surface area contributed by atoms with Crippen LogP contribution >= 0.6 is 0 Å². The normalized spacial score (nSPS) is 24.8. The summed E-state index contributed by atoms with van der Waals surface area (Å²) in [6.45, 7) is 5.39. The van der Waals surface area contributed by atoms with Crippen molar-refractivity contribution in [2.75, 3.05) is 0 Å². The number of hydrogen-bond donors (Lipinski definition) is 1. The SMILES string of the molecule is CCCn1cccc1CC1(C)CCC(=O)N1. The third-order valence-electron chi connectivity index (χ3n) is 3.30. The number of hydrogen-bond acceptors (Lipinski definition) is 1. The summed E-state index contributed by atoms with van der Waals surface area (Å²) < 4.78 is 2.29. The average Bonchev–Trinajstić information content (AvgIpc) is 2.76. The first-order valence-electron chi connectivity index (χ1n) is 6.08. The molecule has 1 fully saturated rings. The molecule has 0 aliphatic carbocycles. The van der Waals surface area contributed by atoms with Gasteiger partial charge in [-0.15, -0.1) is 0 Å². The lowest BCUT2D eigenvalue weighted by atomic mass is 9.94. The summed E-state index contributed by atoms with van der Waals surface area (Å²) in [5, 5.41) is 3.09. The Balaban J connectivity index is 2.08. The Bertz CT molecular complexity index is 383. The van der Waals surface area contributed by atoms with Crippen molar-refractivity contribution in [2.24, 2.45) is 0 Å². The van der Waals surface area contributed by atoms with Gasteiger partial charge in [-0.25, -0.2) is 0 Å². The standard InChI is InChI=1S/C13H20N2O/c1-3-8-15-9-4-5-11(15)10-13(2)7-6-12(16)14-13/h4-5,9H,3,6-8,10H2,1-2H3,(H,14,16). The lowest BCUT2D eigenvalue weighted by molar-refractivity contribution is -0.119. The predicted molar refractivity (Wildman–Crippen MR) is 64.2 cm³/mol. The van der Waals surface area contributed by atoms with Crippen LogP contribution in [0, 0.1) is 0 Å². The number of nitrogens with one attached hydrogen (secondary N) is 1. The molecule has 16 heavy (non-hydrogen) atoms. The van der Waals surface area contributed by atoms with Crippen LogP contribution in [0.2, 0.25) is 0 Å². The quantitative estimate of drug-likeness (QED) is 0.828. The number of rotatable bonds is 4. The summed E-state index contributed by atoms with van der Waals surface area (Å²) in [5.41, 5.74) is 1.28. The van der Waals surface area contributed by atoms with Crippen molar-refractivity contribution in [3.8, 4) is 0 Å². The maximum Gasteiger partial charge on any atom is 0.220 e. The summed E-state index contributed by atoms with van der Waals surface area (Å²) in [6, 6.07) is 4.25. The van der Waals surface area contributed by atoms with Crippen molar-refractivity contribution in [3.05, 3.63) is 24.0 Å². The van der Waals surface area contributed by atoms with Gasteiger partial charge in [0.2, 0.25) is 5.91 Å². The number of aromatic nitrogens is 1. The van der Waals surface area contributed by atoms with Gasteiger partial charge in [0.1, 0.15) is 0 Å². The summed E-state index contributed by atoms with van der Waals surface area (Å²) in [4.78, 5) is 11.3. The molecule has 1 aliphatic heterocycles. The monoisotopic (exact) mass is 220 g/mol. The Labute approximate surface area is 96.8 Å². The summed E-state index contributed by atoms with van der Waals surface area (Å²) in [5.74, 6) is 0.191. The van der Waals surface area contributed by atoms with Crippen molar-refractivity contribution in [1.29, 1.82) is 0 Å². The van der Waals surface area contributed by atoms with Gasteiger partial charge in [-0.3, -0.25) is 4.79 Å². The van der Waals surface area contributed by atoms with E-state index < -0.39 is 0 Å². The van der Waals surface area contributed by atoms with E-state index in [2.05, 4.69) is 42.1 Å². The number of aryl methyl sites for hydroxylation is 1. The van der Waals surface area contributed by atoms with Gasteiger partial charge in [0, 0.05) is 36.8 Å². The van der Waals surface area contributed by atoms with E-state index in [0.717, 1.165) is 25.8 Å². The number of carbonyl (C=O) groups is 1. The zero-order valence-corrected chi connectivity index (χ0v) is 10.1. The molecule has 0 radical (unpaired) electrons. The molecule has 2 rings (SSSR count). The smallest absolute Gasteiger partial charge is 0.220 e. The van der Waals surface area contributed by atoms with Crippen LogP contribution in [0.15, 0.2) is 18.3 Å². The number of nitrogens with zero attached hydrogens (tertiary/aromatic N) is 1. The highest BCUT2D eigenvalue weighted by Crippen LogP contribution is 2.24. The minimum atomic E-state index is -0.0407. The van der Waals surface area contributed by atoms with Crippen molar-refractivity contribution in [3.63, 3.8) is 0 Å². The van der Waals surface area contributed by atoms with Crippen molar-refractivity contribution in [2.45, 2.75) is 51.6 Å². The molecule has 1 N–H and O–H groups in total. The molecule has 1 saturated heterocycles. The van der Waals surface area contributed by atoms with Gasteiger partial charge in [0.25, 0.3) is 0 Å². The van der Waals surface area contributed by atoms with Crippen LogP contribution in [0.5, 0.6) is 0 Å². The van der Waals surface area contributed by atoms with Gasteiger partial charge >= 0.3 is 0 Å². The van der Waals surface area contributed by atoms with Crippen LogP contribution in [0.4, 0.5) is 0 Å². The molecular weight excluding hydrogens is 200 g/mol. The zero-order chi connectivity index (χ0) is 11.6. The van der Waals surface area contributed by atoms with E-state index in [0.29, 0.717) is 6.42 Å². The Morgan fingerprint density at radius 2 is 2.38 bits per heavy atom. The first-order valence-corrected chi connectivity index (χ1v) is 6.08. The fourth-order valence-electron chi connectivity index (χ4n) is 2.45. The Morgan fingerprint density at radius 1 is 1.56 bits per heavy atom. The lowest BCUT2D eigenvalue weighted by Crippen LogP contribution is -2.40. The van der Waals surface area contributed by atoms with E-state index in [1.165, 1.54) is 5.69 Å². The van der Waals surface area contributed by atoms with Gasteiger partial charge < -0.3 is 9.88 Å². The van der Waals surface area contributed by atoms with E-state index in [-0.39, 0.29) is 11.4 Å². The van der Waals surface area contributed by atoms with Crippen molar-refractivity contribution in [1.82, 2.24) is 9.88 Å². The highest BCUT2D eigenvalue weighted by molar-refractivity contribution is 5.79. The summed E-state index contributed by atoms with van der Waals surface area (Å²) in [6.07, 6.45) is 5.82. The second-order valence-corrected chi connectivity index (χ2v) is 4.98. The molecule has 1 amide bonds. The van der Waals surface area contributed by atoms with Crippen LogP contribution < -0.4 is 5.32 Å². The molecular formula is C13H20N2O. The number of amides is 1. The minimum absolute atomic E-state index is 0.0407. The second-order valence-electron chi connectivity index (χ2n) is 4.98. The molecule has 0 bridgehead atoms. The first kappa shape index (κ1) is 11.2. The molecule has 3 nitrogen and oxygen atoms in total. The molecule has 1 aromatic heterocycles. The van der Waals surface area contributed by atoms with Gasteiger partial charge in [-0.05, 0) is 31.9 Å². The van der Waals surface area contributed by atoms with Gasteiger partial charge in [-0.1, -0.05) is 6.92 Å². The molecule has 1 atom stereocenters. The first-order chi connectivity index (χ1) is 7.63. The van der Waals surface area contributed by atoms with Crippen LogP contribution in [0.25, 0.3) is 0 Å². The maximum absolute atomic E-state index is 11.3. The van der Waals surface area contributed by atoms with Gasteiger partial charge in [0.05, 0.1) is 0 Å². The highest BCUT2D eigenvalue weighted by atomic mass is 16.2. The molecule has 0 aromatic carbocycles. The van der Waals surface area contributed by atoms with Crippen LogP contribution in [0.3, 0.4) is 0 Å². The fourth-order valence-corrected chi connectivity index (χ4v) is 2.45. The van der Waals surface area contributed by atoms with E-state index in [1.807, 2.05) is 0 Å². The third-order valence-corrected chi connectivity index (χ3v) is 3.30. The Morgan fingerprint density at radius 3 is 3.00 bits per heavy atom. The Kier molecular flexibility index (Phi) is 3.03. The average molecular weight is 220 g/mol. The van der Waals surface area contributed by atoms with Gasteiger partial charge in [-0.2, -0.15) is 0 Å². The van der Waals surface area contributed by atoms with Crippen molar-refractivity contribution >= 4 is 5.91 Å². The summed E-state index contributed by atoms with van der Waals surface area (Å²) in [7, 11) is 0. The molecule has 1 unspecified atom stereocenters. The van der Waals surface area contributed by atoms with Crippen molar-refractivity contribution < 1.29 is 4.79 Å². The third kappa shape index (κ3) is 2.29. The number of carbonyl (C=O) groups excluding carboxylic acids is 1. The molecule has 3 heteroatoms. The summed E-state index contributed by atoms with van der Waals surface area (Å²) >= 11 is 0. The molecule has 0 saturated carbocycles. The fraction of sp³-hybridized carbons (Fsp3) is 0.615. The lowest BCUT2D eigenvalue weighted by Gasteiger charge is -2.24.